The van der Waals surface area contributed by atoms with Gasteiger partial charge in [0.05, 0.1) is 16.3 Å². The maximum Gasteiger partial charge on any atom is 0.335 e. The van der Waals surface area contributed by atoms with Gasteiger partial charge in [0.25, 0.3) is 5.69 Å². The van der Waals surface area contributed by atoms with Crippen LogP contribution in [0, 0.1) is 21.4 Å². The van der Waals surface area contributed by atoms with Crippen LogP contribution < -0.4 is 10.6 Å². The van der Waals surface area contributed by atoms with Crippen LogP contribution in [0.25, 0.3) is 0 Å². The fourth-order valence-electron chi connectivity index (χ4n) is 1.35. The van der Waals surface area contributed by atoms with Crippen LogP contribution >= 0.6 is 0 Å². The average Bonchev–Trinajstić information content (AvgIpc) is 2.29. The summed E-state index contributed by atoms with van der Waals surface area (Å²) in [7, 11) is 0. The molecule has 1 N–H and O–H groups in total. The number of amides is 2. The fraction of sp³-hybridized carbons (Fsp3) is 0. The van der Waals surface area contributed by atoms with Crippen molar-refractivity contribution in [2.75, 3.05) is 5.32 Å². The van der Waals surface area contributed by atoms with E-state index in [1.165, 1.54) is 0 Å². The van der Waals surface area contributed by atoms with E-state index >= 15 is 0 Å². The van der Waals surface area contributed by atoms with Gasteiger partial charge in [0.1, 0.15) is 11.6 Å². The molecule has 1 aromatic rings. The smallest absolute Gasteiger partial charge is 0.316 e. The first-order chi connectivity index (χ1) is 8.02. The Labute approximate surface area is 94.0 Å². The Bertz CT molecular complexity index is 602. The minimum atomic E-state index is -1.00. The molecule has 2 amide bonds. The Morgan fingerprint density at radius 3 is 2.71 bits per heavy atom. The van der Waals surface area contributed by atoms with Gasteiger partial charge in [-0.1, -0.05) is 0 Å². The third-order valence-corrected chi connectivity index (χ3v) is 2.10. The molecule has 8 nitrogen and oxygen atoms in total. The summed E-state index contributed by atoms with van der Waals surface area (Å²) in [6.07, 6.45) is 0. The summed E-state index contributed by atoms with van der Waals surface area (Å²) in [6, 6.07) is 3.72. The highest BCUT2D eigenvalue weighted by Crippen LogP contribution is 2.32. The molecule has 0 atom stereocenters. The van der Waals surface area contributed by atoms with E-state index in [0.29, 0.717) is 0 Å². The third-order valence-electron chi connectivity index (χ3n) is 2.10. The fourth-order valence-corrected chi connectivity index (χ4v) is 1.35. The number of nitro benzene ring substituents is 1. The lowest BCUT2D eigenvalue weighted by molar-refractivity contribution is -0.385. The molecular weight excluding hydrogens is 228 g/mol. The van der Waals surface area contributed by atoms with Gasteiger partial charge in [0.2, 0.25) is 0 Å². The molecule has 0 aliphatic carbocycles. The summed E-state index contributed by atoms with van der Waals surface area (Å²) in [4.78, 5) is 31.9. The first kappa shape index (κ1) is 10.6. The first-order valence-electron chi connectivity index (χ1n) is 4.32. The van der Waals surface area contributed by atoms with Crippen molar-refractivity contribution < 1.29 is 14.5 Å². The van der Waals surface area contributed by atoms with Crippen LogP contribution in [0.15, 0.2) is 12.1 Å². The molecule has 8 heteroatoms. The van der Waals surface area contributed by atoms with Crippen molar-refractivity contribution in [3.63, 3.8) is 0 Å². The zero-order valence-corrected chi connectivity index (χ0v) is 8.13. The summed E-state index contributed by atoms with van der Waals surface area (Å²) in [6.45, 7) is 0. The molecule has 0 spiro atoms. The number of nitrogens with zero attached hydrogens (tertiary/aromatic N) is 3. The number of nitriles is 1. The normalized spacial score (nSPS) is 13.1. The first-order valence-corrected chi connectivity index (χ1v) is 4.32. The predicted octanol–water partition coefficient (Wildman–Crippen LogP) is 0.181. The van der Waals surface area contributed by atoms with Crippen molar-refractivity contribution in [2.45, 2.75) is 0 Å². The average molecular weight is 231 g/mol. The number of carbonyl (C=O) groups excluding carboxylic acids is 2. The quantitative estimate of drug-likeness (QED) is 0.419. The van der Waals surface area contributed by atoms with Crippen molar-refractivity contribution in [3.8, 4) is 6.07 Å². The van der Waals surface area contributed by atoms with Crippen molar-refractivity contribution in [3.05, 3.63) is 27.8 Å². The van der Waals surface area contributed by atoms with Crippen LogP contribution in [0.4, 0.5) is 17.1 Å². The number of rotatable bonds is 1. The standard InChI is InChI=1S/C9H3N4O4/c10-3-4-1-5-6(2-7(4)13(16)17)12-9(15)8(14)11-5/h1-2H,(H,12,15). The van der Waals surface area contributed by atoms with Crippen molar-refractivity contribution in [1.82, 2.24) is 5.32 Å². The second-order valence-electron chi connectivity index (χ2n) is 3.13. The highest BCUT2D eigenvalue weighted by molar-refractivity contribution is 6.42. The minimum Gasteiger partial charge on any atom is -0.316 e. The maximum atomic E-state index is 11.0. The van der Waals surface area contributed by atoms with Gasteiger partial charge in [-0.05, 0) is 6.07 Å². The molecule has 1 aliphatic rings. The molecule has 83 valence electrons. The van der Waals surface area contributed by atoms with Gasteiger partial charge >= 0.3 is 11.8 Å². The number of benzene rings is 1. The summed E-state index contributed by atoms with van der Waals surface area (Å²) in [5.74, 6) is -1.97. The third kappa shape index (κ3) is 1.65. The largest absolute Gasteiger partial charge is 0.335 e. The minimum absolute atomic E-state index is 0.0387. The number of hydrogen-bond donors (Lipinski definition) is 1. The number of hydrogen-bond acceptors (Lipinski definition) is 5. The molecule has 0 unspecified atom stereocenters. The molecule has 17 heavy (non-hydrogen) atoms. The molecule has 0 bridgehead atoms. The summed E-state index contributed by atoms with van der Waals surface area (Å²) in [5, 5.41) is 24.9. The van der Waals surface area contributed by atoms with E-state index in [-0.39, 0.29) is 16.9 Å². The zero-order chi connectivity index (χ0) is 12.6. The lowest BCUT2D eigenvalue weighted by Crippen LogP contribution is -2.33. The summed E-state index contributed by atoms with van der Waals surface area (Å²) in [5.41, 5.74) is -0.588. The highest BCUT2D eigenvalue weighted by Gasteiger charge is 2.28. The molecule has 0 aromatic heterocycles. The van der Waals surface area contributed by atoms with E-state index in [4.69, 9.17) is 5.26 Å². The van der Waals surface area contributed by atoms with Gasteiger partial charge in [0, 0.05) is 6.07 Å². The zero-order valence-electron chi connectivity index (χ0n) is 8.13. The second kappa shape index (κ2) is 3.57. The Morgan fingerprint density at radius 1 is 1.41 bits per heavy atom. The van der Waals surface area contributed by atoms with Gasteiger partial charge in [-0.2, -0.15) is 5.26 Å². The molecule has 2 rings (SSSR count). The Morgan fingerprint density at radius 2 is 2.12 bits per heavy atom. The molecule has 0 saturated carbocycles. The SMILES string of the molecule is N#Cc1cc2c(cc1[N+](=O)[O-])NC(=O)C(=O)[N]2. The van der Waals surface area contributed by atoms with Crippen molar-refractivity contribution in [2.24, 2.45) is 0 Å². The molecule has 0 saturated heterocycles. The molecule has 1 aromatic carbocycles. The highest BCUT2D eigenvalue weighted by atomic mass is 16.6. The van der Waals surface area contributed by atoms with Crippen LogP contribution in [-0.4, -0.2) is 16.7 Å². The summed E-state index contributed by atoms with van der Waals surface area (Å²) < 4.78 is 0. The van der Waals surface area contributed by atoms with E-state index in [9.17, 15) is 19.7 Å². The van der Waals surface area contributed by atoms with Crippen LogP contribution in [0.1, 0.15) is 5.56 Å². The van der Waals surface area contributed by atoms with Crippen LogP contribution in [0.2, 0.25) is 0 Å². The van der Waals surface area contributed by atoms with Gasteiger partial charge in [-0.3, -0.25) is 19.7 Å². The van der Waals surface area contributed by atoms with Crippen LogP contribution in [-0.2, 0) is 9.59 Å². The van der Waals surface area contributed by atoms with E-state index in [0.717, 1.165) is 12.1 Å². The van der Waals surface area contributed by atoms with Crippen molar-refractivity contribution in [1.29, 1.82) is 5.26 Å². The molecule has 1 radical (unpaired) electrons. The number of nitrogens with one attached hydrogen (secondary N) is 1. The lowest BCUT2D eigenvalue weighted by Gasteiger charge is -2.14. The summed E-state index contributed by atoms with van der Waals surface area (Å²) >= 11 is 0. The van der Waals surface area contributed by atoms with E-state index in [1.807, 2.05) is 0 Å². The van der Waals surface area contributed by atoms with Gasteiger partial charge in [-0.25, -0.2) is 5.32 Å². The second-order valence-corrected chi connectivity index (χ2v) is 3.13. The Hall–Kier alpha value is -2.95. The van der Waals surface area contributed by atoms with Gasteiger partial charge in [0.15, 0.2) is 0 Å². The maximum absolute atomic E-state index is 11.0. The number of carbonyl (C=O) groups is 2. The Balaban J connectivity index is 2.61. The monoisotopic (exact) mass is 231 g/mol. The number of anilines is 1. The number of nitro groups is 1. The lowest BCUT2D eigenvalue weighted by atomic mass is 10.1. The predicted molar refractivity (Wildman–Crippen MR) is 53.2 cm³/mol. The van der Waals surface area contributed by atoms with Crippen LogP contribution in [0.5, 0.6) is 0 Å². The van der Waals surface area contributed by atoms with Crippen LogP contribution in [0.3, 0.4) is 0 Å². The molecule has 1 heterocycles. The van der Waals surface area contributed by atoms with E-state index in [1.54, 1.807) is 6.07 Å². The topological polar surface area (TPSA) is 127 Å². The van der Waals surface area contributed by atoms with E-state index in [2.05, 4.69) is 10.6 Å². The molecular formula is C9H3N4O4. The molecule has 0 fully saturated rings. The number of fused-ring (bicyclic) bond motifs is 1. The molecule has 1 aliphatic heterocycles. The van der Waals surface area contributed by atoms with Gasteiger partial charge < -0.3 is 5.32 Å². The Kier molecular flexibility index (Phi) is 2.22. The van der Waals surface area contributed by atoms with Crippen molar-refractivity contribution >= 4 is 28.9 Å². The van der Waals surface area contributed by atoms with E-state index < -0.39 is 22.4 Å². The van der Waals surface area contributed by atoms with Gasteiger partial charge in [-0.15, -0.1) is 0 Å².